The largest absolute Gasteiger partial charge is 0.411 e. The zero-order chi connectivity index (χ0) is 9.97. The summed E-state index contributed by atoms with van der Waals surface area (Å²) in [5.41, 5.74) is 0.890. The van der Waals surface area contributed by atoms with Gasteiger partial charge in [-0.3, -0.25) is 0 Å². The SMILES string of the molecule is C/C(=N\O)C1CNC2CCCCC2C1. The molecule has 14 heavy (non-hydrogen) atoms. The highest BCUT2D eigenvalue weighted by atomic mass is 16.4. The fourth-order valence-electron chi connectivity index (χ4n) is 2.90. The highest BCUT2D eigenvalue weighted by Crippen LogP contribution is 2.33. The Labute approximate surface area is 85.6 Å². The summed E-state index contributed by atoms with van der Waals surface area (Å²) in [6.07, 6.45) is 6.67. The molecule has 3 unspecified atom stereocenters. The normalized spacial score (nSPS) is 39.2. The Balaban J connectivity index is 1.95. The minimum atomic E-state index is 0.458. The molecule has 3 nitrogen and oxygen atoms in total. The van der Waals surface area contributed by atoms with Gasteiger partial charge in [-0.05, 0) is 32.1 Å². The molecular formula is C11H20N2O. The van der Waals surface area contributed by atoms with Gasteiger partial charge < -0.3 is 10.5 Å². The van der Waals surface area contributed by atoms with Crippen molar-refractivity contribution in [3.05, 3.63) is 0 Å². The summed E-state index contributed by atoms with van der Waals surface area (Å²) in [6.45, 7) is 2.92. The van der Waals surface area contributed by atoms with Crippen LogP contribution in [0, 0.1) is 11.8 Å². The van der Waals surface area contributed by atoms with Crippen molar-refractivity contribution in [2.24, 2.45) is 17.0 Å². The van der Waals surface area contributed by atoms with Crippen molar-refractivity contribution in [1.29, 1.82) is 0 Å². The van der Waals surface area contributed by atoms with Gasteiger partial charge in [0.05, 0.1) is 5.71 Å². The van der Waals surface area contributed by atoms with Crippen molar-refractivity contribution in [2.75, 3.05) is 6.54 Å². The molecule has 0 aromatic heterocycles. The predicted molar refractivity (Wildman–Crippen MR) is 56.8 cm³/mol. The van der Waals surface area contributed by atoms with Gasteiger partial charge in [-0.1, -0.05) is 18.0 Å². The average molecular weight is 196 g/mol. The van der Waals surface area contributed by atoms with Crippen LogP contribution in [0.15, 0.2) is 5.16 Å². The standard InChI is InChI=1S/C11H20N2O/c1-8(13-14)10-6-9-4-2-3-5-11(9)12-7-10/h9-12,14H,2-7H2,1H3/b13-8+. The molecule has 3 heteroatoms. The van der Waals surface area contributed by atoms with Crippen molar-refractivity contribution >= 4 is 5.71 Å². The van der Waals surface area contributed by atoms with Gasteiger partial charge in [0.2, 0.25) is 0 Å². The summed E-state index contributed by atoms with van der Waals surface area (Å²) in [6, 6.07) is 0.742. The number of piperidine rings is 1. The maximum atomic E-state index is 8.74. The van der Waals surface area contributed by atoms with Crippen LogP contribution < -0.4 is 5.32 Å². The fraction of sp³-hybridized carbons (Fsp3) is 0.909. The van der Waals surface area contributed by atoms with E-state index in [0.29, 0.717) is 5.92 Å². The minimum absolute atomic E-state index is 0.458. The quantitative estimate of drug-likeness (QED) is 0.383. The lowest BCUT2D eigenvalue weighted by Crippen LogP contribution is -2.48. The van der Waals surface area contributed by atoms with Crippen LogP contribution in [0.5, 0.6) is 0 Å². The van der Waals surface area contributed by atoms with E-state index in [1.54, 1.807) is 0 Å². The Morgan fingerprint density at radius 1 is 1.36 bits per heavy atom. The Morgan fingerprint density at radius 3 is 2.93 bits per heavy atom. The van der Waals surface area contributed by atoms with Crippen LogP contribution in [0.4, 0.5) is 0 Å². The number of fused-ring (bicyclic) bond motifs is 1. The van der Waals surface area contributed by atoms with E-state index in [-0.39, 0.29) is 0 Å². The third kappa shape index (κ3) is 1.92. The molecule has 0 amide bonds. The zero-order valence-electron chi connectivity index (χ0n) is 8.87. The predicted octanol–water partition coefficient (Wildman–Crippen LogP) is 2.00. The number of hydrogen-bond acceptors (Lipinski definition) is 3. The molecule has 2 rings (SSSR count). The second kappa shape index (κ2) is 4.30. The molecule has 1 saturated heterocycles. The van der Waals surface area contributed by atoms with Crippen molar-refractivity contribution in [3.63, 3.8) is 0 Å². The number of nitrogens with one attached hydrogen (secondary N) is 1. The van der Waals surface area contributed by atoms with Crippen molar-refractivity contribution in [2.45, 2.75) is 45.1 Å². The lowest BCUT2D eigenvalue weighted by molar-refractivity contribution is 0.189. The molecule has 2 fully saturated rings. The van der Waals surface area contributed by atoms with E-state index in [4.69, 9.17) is 5.21 Å². The molecular weight excluding hydrogens is 176 g/mol. The van der Waals surface area contributed by atoms with Gasteiger partial charge in [-0.15, -0.1) is 0 Å². The van der Waals surface area contributed by atoms with Crippen LogP contribution in [0.1, 0.15) is 39.0 Å². The number of hydrogen-bond donors (Lipinski definition) is 2. The average Bonchev–Trinajstić information content (AvgIpc) is 2.27. The Bertz CT molecular complexity index is 227. The van der Waals surface area contributed by atoms with E-state index in [0.717, 1.165) is 24.2 Å². The molecule has 0 bridgehead atoms. The lowest BCUT2D eigenvalue weighted by atomic mass is 9.75. The van der Waals surface area contributed by atoms with Gasteiger partial charge >= 0.3 is 0 Å². The molecule has 0 aromatic carbocycles. The molecule has 1 heterocycles. The fourth-order valence-corrected chi connectivity index (χ4v) is 2.90. The van der Waals surface area contributed by atoms with Crippen molar-refractivity contribution < 1.29 is 5.21 Å². The minimum Gasteiger partial charge on any atom is -0.411 e. The van der Waals surface area contributed by atoms with Crippen molar-refractivity contribution in [3.8, 4) is 0 Å². The first-order valence-corrected chi connectivity index (χ1v) is 5.73. The first kappa shape index (κ1) is 9.97. The molecule has 1 aliphatic heterocycles. The van der Waals surface area contributed by atoms with E-state index < -0.39 is 0 Å². The second-order valence-electron chi connectivity index (χ2n) is 4.73. The monoisotopic (exact) mass is 196 g/mol. The molecule has 0 spiro atoms. The van der Waals surface area contributed by atoms with E-state index in [9.17, 15) is 0 Å². The highest BCUT2D eigenvalue weighted by molar-refractivity contribution is 5.84. The molecule has 3 atom stereocenters. The number of rotatable bonds is 1. The Kier molecular flexibility index (Phi) is 3.06. The van der Waals surface area contributed by atoms with Gasteiger partial charge in [0.15, 0.2) is 0 Å². The van der Waals surface area contributed by atoms with Gasteiger partial charge in [-0.25, -0.2) is 0 Å². The third-order valence-corrected chi connectivity index (χ3v) is 3.87. The summed E-state index contributed by atoms with van der Waals surface area (Å²) in [5, 5.41) is 15.7. The van der Waals surface area contributed by atoms with Crippen molar-refractivity contribution in [1.82, 2.24) is 5.32 Å². The topological polar surface area (TPSA) is 44.6 Å². The molecule has 1 saturated carbocycles. The summed E-state index contributed by atoms with van der Waals surface area (Å²) in [7, 11) is 0. The molecule has 2 aliphatic rings. The molecule has 0 radical (unpaired) electrons. The van der Waals surface area contributed by atoms with E-state index in [1.807, 2.05) is 6.92 Å². The lowest BCUT2D eigenvalue weighted by Gasteiger charge is -2.39. The van der Waals surface area contributed by atoms with E-state index >= 15 is 0 Å². The second-order valence-corrected chi connectivity index (χ2v) is 4.73. The highest BCUT2D eigenvalue weighted by Gasteiger charge is 2.32. The molecule has 1 aliphatic carbocycles. The van der Waals surface area contributed by atoms with Gasteiger partial charge in [-0.2, -0.15) is 0 Å². The van der Waals surface area contributed by atoms with Crippen LogP contribution in [-0.2, 0) is 0 Å². The summed E-state index contributed by atoms with van der Waals surface area (Å²) in [4.78, 5) is 0. The molecule has 2 N–H and O–H groups in total. The van der Waals surface area contributed by atoms with Gasteiger partial charge in [0.1, 0.15) is 0 Å². The summed E-state index contributed by atoms with van der Waals surface area (Å²) in [5.74, 6) is 1.28. The van der Waals surface area contributed by atoms with E-state index in [2.05, 4.69) is 10.5 Å². The van der Waals surface area contributed by atoms with Gasteiger partial charge in [0, 0.05) is 18.5 Å². The molecule has 0 aromatic rings. The Hall–Kier alpha value is -0.570. The number of oxime groups is 1. The van der Waals surface area contributed by atoms with Crippen LogP contribution in [0.3, 0.4) is 0 Å². The van der Waals surface area contributed by atoms with Crippen LogP contribution in [0.25, 0.3) is 0 Å². The zero-order valence-corrected chi connectivity index (χ0v) is 8.87. The van der Waals surface area contributed by atoms with Crippen LogP contribution in [-0.4, -0.2) is 23.5 Å². The Morgan fingerprint density at radius 2 is 2.14 bits per heavy atom. The molecule has 80 valence electrons. The van der Waals surface area contributed by atoms with Crippen LogP contribution >= 0.6 is 0 Å². The first-order chi connectivity index (χ1) is 6.81. The maximum Gasteiger partial charge on any atom is 0.0583 e. The van der Waals surface area contributed by atoms with E-state index in [1.165, 1.54) is 32.1 Å². The summed E-state index contributed by atoms with van der Waals surface area (Å²) < 4.78 is 0. The van der Waals surface area contributed by atoms with Gasteiger partial charge in [0.25, 0.3) is 0 Å². The summed E-state index contributed by atoms with van der Waals surface area (Å²) >= 11 is 0. The number of nitrogens with zero attached hydrogens (tertiary/aromatic N) is 1. The maximum absolute atomic E-state index is 8.74. The smallest absolute Gasteiger partial charge is 0.0583 e. The first-order valence-electron chi connectivity index (χ1n) is 5.73. The van der Waals surface area contributed by atoms with Crippen LogP contribution in [0.2, 0.25) is 0 Å². The third-order valence-electron chi connectivity index (χ3n) is 3.87.